The van der Waals surface area contributed by atoms with E-state index in [1.165, 1.54) is 56.9 Å². The van der Waals surface area contributed by atoms with Gasteiger partial charge in [-0.15, -0.1) is 35.3 Å². The number of carbonyl (C=O) groups is 3. The number of benzene rings is 1. The van der Waals surface area contributed by atoms with Crippen LogP contribution in [0.1, 0.15) is 87.6 Å². The number of piperidine rings is 1. The van der Waals surface area contributed by atoms with E-state index in [1.807, 2.05) is 39.0 Å². The number of nitrogens with one attached hydrogen (secondary N) is 4. The highest BCUT2D eigenvalue weighted by molar-refractivity contribution is 7.80. The second-order valence-electron chi connectivity index (χ2n) is 18.7. The van der Waals surface area contributed by atoms with Crippen molar-refractivity contribution in [2.24, 2.45) is 5.92 Å². The molecule has 6 N–H and O–H groups in total. The number of nitrogens with zero attached hydrogens (tertiary/aromatic N) is 6. The van der Waals surface area contributed by atoms with Gasteiger partial charge in [0.1, 0.15) is 20.4 Å². The van der Waals surface area contributed by atoms with E-state index in [-0.39, 0.29) is 40.5 Å². The summed E-state index contributed by atoms with van der Waals surface area (Å²) in [5.74, 6) is 5.21. The molecule has 4 unspecified atom stereocenters. The van der Waals surface area contributed by atoms with Crippen molar-refractivity contribution in [1.82, 2.24) is 45.7 Å². The number of pyridine rings is 2. The number of aryl methyl sites for hydroxylation is 3. The molecule has 3 aliphatic heterocycles. The zero-order chi connectivity index (χ0) is 47.2. The largest absolute Gasteiger partial charge is 0.397 e. The topological polar surface area (TPSA) is 192 Å². The van der Waals surface area contributed by atoms with Crippen LogP contribution in [-0.4, -0.2) is 99.5 Å². The Labute approximate surface area is 408 Å². The van der Waals surface area contributed by atoms with E-state index >= 15 is 0 Å². The molecule has 352 valence electrons. The lowest BCUT2D eigenvalue weighted by Crippen LogP contribution is -2.51. The highest BCUT2D eigenvalue weighted by atomic mass is 32.1. The normalized spacial score (nSPS) is 19.9. The van der Waals surface area contributed by atoms with Crippen molar-refractivity contribution in [3.05, 3.63) is 96.7 Å². The predicted molar refractivity (Wildman–Crippen MR) is 271 cm³/mol. The molecule has 4 aliphatic rings. The molecule has 8 heterocycles. The smallest absolute Gasteiger partial charge is 0.296 e. The van der Waals surface area contributed by atoms with Gasteiger partial charge in [0.25, 0.3) is 17.4 Å². The average molecular weight is 970 g/mol. The van der Waals surface area contributed by atoms with E-state index < -0.39 is 5.91 Å². The summed E-state index contributed by atoms with van der Waals surface area (Å²) in [6.07, 6.45) is 8.11. The maximum Gasteiger partial charge on any atom is 0.296 e. The van der Waals surface area contributed by atoms with E-state index in [2.05, 4.69) is 83.7 Å². The molecular formula is C50H55N11O4S3. The molecule has 6 aromatic rings. The molecule has 4 atom stereocenters. The van der Waals surface area contributed by atoms with Gasteiger partial charge in [0.05, 0.1) is 28.4 Å². The summed E-state index contributed by atoms with van der Waals surface area (Å²) in [6, 6.07) is 15.1. The van der Waals surface area contributed by atoms with Gasteiger partial charge in [0.2, 0.25) is 5.91 Å². The van der Waals surface area contributed by atoms with Gasteiger partial charge < -0.3 is 36.8 Å². The van der Waals surface area contributed by atoms with Crippen LogP contribution in [0.3, 0.4) is 0 Å². The van der Waals surface area contributed by atoms with Crippen LogP contribution in [0, 0.1) is 31.6 Å². The van der Waals surface area contributed by atoms with Gasteiger partial charge in [-0.2, -0.15) is 0 Å². The molecule has 3 fully saturated rings. The molecule has 5 aromatic heterocycles. The number of anilines is 2. The van der Waals surface area contributed by atoms with Crippen LogP contribution in [-0.2, 0) is 22.4 Å². The van der Waals surface area contributed by atoms with Crippen molar-refractivity contribution in [3.63, 3.8) is 0 Å². The summed E-state index contributed by atoms with van der Waals surface area (Å²) in [6.45, 7) is 10.2. The van der Waals surface area contributed by atoms with Gasteiger partial charge in [-0.05, 0) is 132 Å². The van der Waals surface area contributed by atoms with Crippen LogP contribution in [0.4, 0.5) is 11.4 Å². The van der Waals surface area contributed by atoms with Gasteiger partial charge >= 0.3 is 0 Å². The standard InChI is InChI=1S/C50H55N11O4S3/c1-27-14-17-52-40(22-27)61-49(65)42-37(29(3)67-48(42)58-50(61)66)11-13-41(62)53-18-21-59-19-15-30(16-20-59)45(63)54-28(2)39-12-10-38-43(51)44(68-47(38)57-39)46(64)56-33-6-4-32-24-36(9-5-31(32)23-33)60-25-34-7-8-35(26-60)55-34/h5,9-10,12,14,17,22,24,28,30,33-35,55H,4,6-8,15-16,18-21,23,25-26,51H2,1-3H3,(H,53,62)(H,54,63)(H,56,64)(H,58,66). The Kier molecular flexibility index (Phi) is 13.0. The molecule has 1 aromatic carbocycles. The van der Waals surface area contributed by atoms with Crippen molar-refractivity contribution in [2.45, 2.75) is 95.0 Å². The van der Waals surface area contributed by atoms with E-state index in [4.69, 9.17) is 10.7 Å². The van der Waals surface area contributed by atoms with E-state index in [1.54, 1.807) is 12.3 Å². The van der Waals surface area contributed by atoms with Crippen LogP contribution in [0.2, 0.25) is 0 Å². The Morgan fingerprint density at radius 1 is 0.971 bits per heavy atom. The molecule has 10 rings (SSSR count). The summed E-state index contributed by atoms with van der Waals surface area (Å²) >= 11 is 7.09. The minimum absolute atomic E-state index is 0.0201. The maximum atomic E-state index is 13.7. The van der Waals surface area contributed by atoms with Gasteiger partial charge in [-0.3, -0.25) is 19.2 Å². The first-order valence-electron chi connectivity index (χ1n) is 23.5. The number of nitrogen functional groups attached to an aromatic ring is 1. The molecule has 3 saturated heterocycles. The van der Waals surface area contributed by atoms with Crippen molar-refractivity contribution >= 4 is 84.8 Å². The third-order valence-electron chi connectivity index (χ3n) is 13.9. The number of hydrogen-bond donors (Lipinski definition) is 6. The number of likely N-dealkylation sites (tertiary alicyclic amines) is 1. The average Bonchev–Trinajstić information content (AvgIpc) is 3.97. The molecule has 15 nitrogen and oxygen atoms in total. The van der Waals surface area contributed by atoms with E-state index in [0.29, 0.717) is 93.8 Å². The van der Waals surface area contributed by atoms with Crippen molar-refractivity contribution in [1.29, 1.82) is 0 Å². The molecule has 68 heavy (non-hydrogen) atoms. The summed E-state index contributed by atoms with van der Waals surface area (Å²) in [5.41, 5.74) is 12.7. The number of thiophene rings is 2. The first-order valence-corrected chi connectivity index (χ1v) is 25.6. The van der Waals surface area contributed by atoms with Crippen LogP contribution in [0.5, 0.6) is 0 Å². The second-order valence-corrected chi connectivity index (χ2v) is 21.3. The zero-order valence-electron chi connectivity index (χ0n) is 38.4. The van der Waals surface area contributed by atoms with Crippen LogP contribution in [0.15, 0.2) is 58.6 Å². The number of hydrogen-bond acceptors (Lipinski definition) is 14. The molecule has 0 saturated carbocycles. The summed E-state index contributed by atoms with van der Waals surface area (Å²) in [4.78, 5) is 74.5. The second kappa shape index (κ2) is 19.3. The van der Waals surface area contributed by atoms with Crippen LogP contribution < -0.4 is 37.5 Å². The fourth-order valence-electron chi connectivity index (χ4n) is 10.2. The van der Waals surface area contributed by atoms with Crippen LogP contribution >= 0.6 is 35.3 Å². The van der Waals surface area contributed by atoms with Gasteiger partial charge in [-0.25, -0.2) is 19.5 Å². The molecule has 1 aliphatic carbocycles. The van der Waals surface area contributed by atoms with Crippen LogP contribution in [0.25, 0.3) is 26.3 Å². The quantitative estimate of drug-likeness (QED) is 0.0599. The van der Waals surface area contributed by atoms with Gasteiger partial charge in [0.15, 0.2) is 5.16 Å². The SMILES string of the molecule is Cc1ccnc(-n2c(S)nc3sc(C)c(C#CC(=O)NCCN4CCC(C(=O)NC(C)c5ccc6c(N)c(C(=O)NC7CCc8cc(N9CC%10CCC(C9)N%10)ccc8C7)sc6n5)CC4)c3c2=O)c1. The highest BCUT2D eigenvalue weighted by Crippen LogP contribution is 2.35. The molecule has 3 amide bonds. The minimum Gasteiger partial charge on any atom is -0.397 e. The van der Waals surface area contributed by atoms with Crippen molar-refractivity contribution < 1.29 is 14.4 Å². The number of thiol groups is 1. The number of fused-ring (bicyclic) bond motifs is 5. The number of amides is 3. The fraction of sp³-hybridized carbons (Fsp3) is 0.420. The predicted octanol–water partition coefficient (Wildman–Crippen LogP) is 5.22. The van der Waals surface area contributed by atoms with E-state index in [0.717, 1.165) is 48.2 Å². The first kappa shape index (κ1) is 45.9. The number of aromatic nitrogens is 4. The molecule has 0 spiro atoms. The summed E-state index contributed by atoms with van der Waals surface area (Å²) < 4.78 is 1.35. The lowest BCUT2D eigenvalue weighted by atomic mass is 9.87. The first-order chi connectivity index (χ1) is 32.8. The number of rotatable bonds is 10. The third-order valence-corrected chi connectivity index (χ3v) is 16.4. The lowest BCUT2D eigenvalue weighted by molar-refractivity contribution is -0.127. The number of piperazine rings is 1. The molecule has 18 heteroatoms. The highest BCUT2D eigenvalue weighted by Gasteiger charge is 2.33. The lowest BCUT2D eigenvalue weighted by Gasteiger charge is -2.35. The third kappa shape index (κ3) is 9.46. The number of nitrogens with two attached hydrogens (primary N) is 1. The maximum absolute atomic E-state index is 13.7. The molecule has 0 radical (unpaired) electrons. The Hall–Kier alpha value is -5.84. The fourth-order valence-corrected chi connectivity index (χ4v) is 12.5. The van der Waals surface area contributed by atoms with Crippen molar-refractivity contribution in [3.8, 4) is 17.7 Å². The molecule has 2 bridgehead atoms. The Bertz CT molecular complexity index is 3080. The van der Waals surface area contributed by atoms with Crippen molar-refractivity contribution in [2.75, 3.05) is 49.9 Å². The Morgan fingerprint density at radius 2 is 1.76 bits per heavy atom. The molecular weight excluding hydrogens is 915 g/mol. The van der Waals surface area contributed by atoms with Gasteiger partial charge in [0, 0.05) is 78.3 Å². The zero-order valence-corrected chi connectivity index (χ0v) is 40.9. The van der Waals surface area contributed by atoms with Gasteiger partial charge in [-0.1, -0.05) is 12.0 Å². The minimum atomic E-state index is -0.445. The summed E-state index contributed by atoms with van der Waals surface area (Å²) in [7, 11) is 0. The Balaban J connectivity index is 0.685. The monoisotopic (exact) mass is 969 g/mol. The Morgan fingerprint density at radius 3 is 2.54 bits per heavy atom. The summed E-state index contributed by atoms with van der Waals surface area (Å²) in [5, 5.41) is 14.3. The van der Waals surface area contributed by atoms with E-state index in [9.17, 15) is 19.2 Å². The number of carbonyl (C=O) groups excluding carboxylic acids is 3.